The summed E-state index contributed by atoms with van der Waals surface area (Å²) in [4.78, 5) is 5.70. The molecule has 1 N–H and O–H groups in total. The van der Waals surface area contributed by atoms with E-state index < -0.39 is 0 Å². The van der Waals surface area contributed by atoms with Crippen LogP contribution in [0.3, 0.4) is 0 Å². The fourth-order valence-electron chi connectivity index (χ4n) is 2.48. The topological polar surface area (TPSA) is 34.1 Å². The Balaban J connectivity index is 1.68. The second kappa shape index (κ2) is 5.94. The molecule has 1 aliphatic carbocycles. The highest BCUT2D eigenvalue weighted by atomic mass is 32.1. The van der Waals surface area contributed by atoms with E-state index in [0.717, 1.165) is 18.2 Å². The van der Waals surface area contributed by atoms with Gasteiger partial charge in [-0.05, 0) is 43.4 Å². The van der Waals surface area contributed by atoms with Crippen LogP contribution in [0.15, 0.2) is 30.5 Å². The Morgan fingerprint density at radius 1 is 1.35 bits per heavy atom. The molecule has 20 heavy (non-hydrogen) atoms. The normalized spacial score (nSPS) is 16.1. The van der Waals surface area contributed by atoms with Crippen LogP contribution in [0.1, 0.15) is 34.3 Å². The first-order valence-electron chi connectivity index (χ1n) is 7.05. The molecule has 1 aromatic carbocycles. The molecule has 1 atom stereocenters. The fourth-order valence-corrected chi connectivity index (χ4v) is 3.22. The molecule has 0 aliphatic heterocycles. The fraction of sp³-hybridized carbons (Fsp3) is 0.438. The van der Waals surface area contributed by atoms with Gasteiger partial charge in [0.1, 0.15) is 10.8 Å². The maximum Gasteiger partial charge on any atom is 0.118 e. The van der Waals surface area contributed by atoms with Gasteiger partial charge in [0.25, 0.3) is 0 Å². The first-order valence-corrected chi connectivity index (χ1v) is 7.86. The third kappa shape index (κ3) is 3.19. The highest BCUT2D eigenvalue weighted by Gasteiger charge is 2.32. The summed E-state index contributed by atoms with van der Waals surface area (Å²) in [6, 6.07) is 8.86. The number of aromatic nitrogens is 1. The lowest BCUT2D eigenvalue weighted by molar-refractivity contribution is 0.413. The third-order valence-electron chi connectivity index (χ3n) is 3.71. The van der Waals surface area contributed by atoms with Crippen molar-refractivity contribution in [2.24, 2.45) is 5.92 Å². The highest BCUT2D eigenvalue weighted by molar-refractivity contribution is 7.11. The van der Waals surface area contributed by atoms with Crippen molar-refractivity contribution in [2.75, 3.05) is 7.11 Å². The Bertz CT molecular complexity index is 560. The number of nitrogens with one attached hydrogen (secondary N) is 1. The van der Waals surface area contributed by atoms with E-state index in [1.165, 1.54) is 28.3 Å². The van der Waals surface area contributed by atoms with Gasteiger partial charge in [-0.15, -0.1) is 11.3 Å². The van der Waals surface area contributed by atoms with Crippen molar-refractivity contribution < 1.29 is 4.74 Å². The molecule has 3 nitrogen and oxygen atoms in total. The third-order valence-corrected chi connectivity index (χ3v) is 4.62. The molecule has 3 rings (SSSR count). The standard InChI is InChI=1S/C16H20N2OS/c1-11-9-17-15(20-11)10-18-16(12-3-4-12)13-5-7-14(19-2)8-6-13/h5-9,12,16,18H,3-4,10H2,1-2H3. The summed E-state index contributed by atoms with van der Waals surface area (Å²) >= 11 is 1.77. The number of hydrogen-bond acceptors (Lipinski definition) is 4. The average Bonchev–Trinajstić information content (AvgIpc) is 3.22. The molecule has 0 saturated heterocycles. The van der Waals surface area contributed by atoms with Gasteiger partial charge in [0.05, 0.1) is 7.11 Å². The van der Waals surface area contributed by atoms with Crippen LogP contribution in [-0.2, 0) is 6.54 Å². The van der Waals surface area contributed by atoms with Gasteiger partial charge in [-0.25, -0.2) is 4.98 Å². The second-order valence-corrected chi connectivity index (χ2v) is 6.65. The molecule has 1 heterocycles. The van der Waals surface area contributed by atoms with Crippen LogP contribution in [0, 0.1) is 12.8 Å². The summed E-state index contributed by atoms with van der Waals surface area (Å²) in [5.41, 5.74) is 1.35. The molecule has 106 valence electrons. The highest BCUT2D eigenvalue weighted by Crippen LogP contribution is 2.41. The van der Waals surface area contributed by atoms with Gasteiger partial charge < -0.3 is 10.1 Å². The van der Waals surface area contributed by atoms with Crippen molar-refractivity contribution in [1.29, 1.82) is 0 Å². The molecular weight excluding hydrogens is 268 g/mol. The zero-order chi connectivity index (χ0) is 13.9. The molecule has 0 spiro atoms. The zero-order valence-corrected chi connectivity index (χ0v) is 12.7. The number of methoxy groups -OCH3 is 1. The first kappa shape index (κ1) is 13.6. The number of thiazole rings is 1. The Kier molecular flexibility index (Phi) is 4.03. The molecule has 1 aromatic heterocycles. The summed E-state index contributed by atoms with van der Waals surface area (Å²) in [7, 11) is 1.70. The van der Waals surface area contributed by atoms with Crippen LogP contribution >= 0.6 is 11.3 Å². The van der Waals surface area contributed by atoms with E-state index in [-0.39, 0.29) is 0 Å². The molecule has 1 fully saturated rings. The van der Waals surface area contributed by atoms with Crippen LogP contribution in [-0.4, -0.2) is 12.1 Å². The van der Waals surface area contributed by atoms with Crippen LogP contribution < -0.4 is 10.1 Å². The van der Waals surface area contributed by atoms with E-state index in [9.17, 15) is 0 Å². The molecule has 1 unspecified atom stereocenters. The number of hydrogen-bond donors (Lipinski definition) is 1. The largest absolute Gasteiger partial charge is 0.497 e. The van der Waals surface area contributed by atoms with Crippen LogP contribution in [0.25, 0.3) is 0 Å². The van der Waals surface area contributed by atoms with E-state index in [1.807, 2.05) is 18.3 Å². The minimum atomic E-state index is 0.435. The predicted molar refractivity (Wildman–Crippen MR) is 82.1 cm³/mol. The quantitative estimate of drug-likeness (QED) is 0.880. The number of rotatable bonds is 6. The molecule has 1 aliphatic rings. The summed E-state index contributed by atoms with van der Waals surface area (Å²) in [6.07, 6.45) is 4.59. The minimum Gasteiger partial charge on any atom is -0.497 e. The van der Waals surface area contributed by atoms with Crippen molar-refractivity contribution in [3.63, 3.8) is 0 Å². The summed E-state index contributed by atoms with van der Waals surface area (Å²) in [5, 5.41) is 4.84. The molecule has 0 bridgehead atoms. The molecule has 0 amide bonds. The molecular formula is C16H20N2OS. The predicted octanol–water partition coefficient (Wildman–Crippen LogP) is 3.70. The van der Waals surface area contributed by atoms with E-state index in [0.29, 0.717) is 6.04 Å². The van der Waals surface area contributed by atoms with Gasteiger partial charge in [-0.1, -0.05) is 12.1 Å². The number of ether oxygens (including phenoxy) is 1. The molecule has 2 aromatic rings. The van der Waals surface area contributed by atoms with E-state index >= 15 is 0 Å². The number of aryl methyl sites for hydroxylation is 1. The van der Waals surface area contributed by atoms with Gasteiger partial charge >= 0.3 is 0 Å². The zero-order valence-electron chi connectivity index (χ0n) is 11.9. The Labute approximate surface area is 124 Å². The number of nitrogens with zero attached hydrogens (tertiary/aromatic N) is 1. The van der Waals surface area contributed by atoms with Crippen molar-refractivity contribution in [1.82, 2.24) is 10.3 Å². The lowest BCUT2D eigenvalue weighted by atomic mass is 10.0. The van der Waals surface area contributed by atoms with E-state index in [1.54, 1.807) is 18.4 Å². The van der Waals surface area contributed by atoms with E-state index in [2.05, 4.69) is 29.4 Å². The molecule has 1 saturated carbocycles. The van der Waals surface area contributed by atoms with Gasteiger partial charge in [0.15, 0.2) is 0 Å². The smallest absolute Gasteiger partial charge is 0.118 e. The summed E-state index contributed by atoms with van der Waals surface area (Å²) in [6.45, 7) is 2.95. The second-order valence-electron chi connectivity index (χ2n) is 5.33. The monoisotopic (exact) mass is 288 g/mol. The maximum absolute atomic E-state index is 5.23. The Morgan fingerprint density at radius 2 is 2.10 bits per heavy atom. The van der Waals surface area contributed by atoms with Crippen molar-refractivity contribution in [2.45, 2.75) is 32.4 Å². The van der Waals surface area contributed by atoms with Crippen LogP contribution in [0.5, 0.6) is 5.75 Å². The number of benzene rings is 1. The van der Waals surface area contributed by atoms with E-state index in [4.69, 9.17) is 4.74 Å². The van der Waals surface area contributed by atoms with Gasteiger partial charge in [-0.3, -0.25) is 0 Å². The van der Waals surface area contributed by atoms with Crippen molar-refractivity contribution in [3.05, 3.63) is 45.9 Å². The molecule has 0 radical (unpaired) electrons. The average molecular weight is 288 g/mol. The van der Waals surface area contributed by atoms with Gasteiger partial charge in [0.2, 0.25) is 0 Å². The molecule has 4 heteroatoms. The van der Waals surface area contributed by atoms with Gasteiger partial charge in [0, 0.05) is 23.7 Å². The van der Waals surface area contributed by atoms with Crippen molar-refractivity contribution >= 4 is 11.3 Å². The Morgan fingerprint density at radius 3 is 2.65 bits per heavy atom. The summed E-state index contributed by atoms with van der Waals surface area (Å²) < 4.78 is 5.23. The van der Waals surface area contributed by atoms with Crippen LogP contribution in [0.4, 0.5) is 0 Å². The maximum atomic E-state index is 5.23. The van der Waals surface area contributed by atoms with Gasteiger partial charge in [-0.2, -0.15) is 0 Å². The van der Waals surface area contributed by atoms with Crippen molar-refractivity contribution in [3.8, 4) is 5.75 Å². The summed E-state index contributed by atoms with van der Waals surface area (Å²) in [5.74, 6) is 1.68. The first-order chi connectivity index (χ1) is 9.76. The lowest BCUT2D eigenvalue weighted by Crippen LogP contribution is -2.22. The van der Waals surface area contributed by atoms with Crippen LogP contribution in [0.2, 0.25) is 0 Å². The Hall–Kier alpha value is -1.39. The lowest BCUT2D eigenvalue weighted by Gasteiger charge is -2.18. The minimum absolute atomic E-state index is 0.435. The SMILES string of the molecule is COc1ccc(C(NCc2ncc(C)s2)C2CC2)cc1.